The molecule has 0 bridgehead atoms. The molecule has 1 fully saturated rings. The molecule has 0 unspecified atom stereocenters. The Morgan fingerprint density at radius 3 is 2.56 bits per heavy atom. The molecule has 0 atom stereocenters. The molecule has 1 heterocycles. The number of nitrogens with one attached hydrogen (secondary N) is 1. The molecule has 1 aliphatic heterocycles. The Kier molecular flexibility index (Phi) is 6.12. The van der Waals surface area contributed by atoms with Crippen LogP contribution in [0.1, 0.15) is 13.8 Å². The van der Waals surface area contributed by atoms with Crippen LogP contribution < -0.4 is 15.8 Å². The zero-order valence-electron chi connectivity index (χ0n) is 14.3. The van der Waals surface area contributed by atoms with Crippen molar-refractivity contribution < 1.29 is 22.6 Å². The first kappa shape index (κ1) is 19.3. The number of nitrogens with two attached hydrogens (primary N) is 1. The Morgan fingerprint density at radius 2 is 1.92 bits per heavy atom. The van der Waals surface area contributed by atoms with Gasteiger partial charge in [0.15, 0.2) is 11.7 Å². The molecule has 0 saturated carbocycles. The van der Waals surface area contributed by atoms with E-state index in [4.69, 9.17) is 10.5 Å². The molecule has 0 radical (unpaired) electrons. The maximum absolute atomic E-state index is 12.4. The van der Waals surface area contributed by atoms with Gasteiger partial charge in [-0.2, -0.15) is 0 Å². The van der Waals surface area contributed by atoms with E-state index in [-0.39, 0.29) is 22.9 Å². The van der Waals surface area contributed by atoms with Crippen LogP contribution in [0.4, 0.5) is 18.9 Å². The van der Waals surface area contributed by atoms with Crippen molar-refractivity contribution in [2.24, 2.45) is 10.7 Å². The lowest BCUT2D eigenvalue weighted by atomic mass is 10.0. The number of guanidine groups is 1. The second kappa shape index (κ2) is 7.92. The fraction of sp³-hybridized carbons (Fsp3) is 0.562. The van der Waals surface area contributed by atoms with Crippen molar-refractivity contribution >= 4 is 11.6 Å². The van der Waals surface area contributed by atoms with Crippen LogP contribution in [0.15, 0.2) is 29.3 Å². The molecule has 2 rings (SSSR count). The Morgan fingerprint density at radius 1 is 1.28 bits per heavy atom. The Balaban J connectivity index is 2.01. The average molecular weight is 360 g/mol. The molecule has 1 aromatic rings. The van der Waals surface area contributed by atoms with Gasteiger partial charge in [0.2, 0.25) is 0 Å². The van der Waals surface area contributed by atoms with E-state index in [0.717, 1.165) is 13.1 Å². The molecule has 0 aliphatic carbocycles. The zero-order valence-corrected chi connectivity index (χ0v) is 14.3. The maximum atomic E-state index is 12.4. The van der Waals surface area contributed by atoms with Crippen LogP contribution in [0.25, 0.3) is 0 Å². The number of benzene rings is 1. The van der Waals surface area contributed by atoms with Crippen molar-refractivity contribution in [3.05, 3.63) is 24.3 Å². The predicted molar refractivity (Wildman–Crippen MR) is 89.7 cm³/mol. The van der Waals surface area contributed by atoms with E-state index in [1.54, 1.807) is 6.07 Å². The fourth-order valence-corrected chi connectivity index (χ4v) is 2.51. The number of ether oxygens (including phenoxy) is 2. The lowest BCUT2D eigenvalue weighted by Crippen LogP contribution is -2.51. The Bertz CT molecular complexity index is 599. The molecule has 0 spiro atoms. The highest BCUT2D eigenvalue weighted by Gasteiger charge is 2.32. The minimum Gasteiger partial charge on any atom is -0.404 e. The molecular formula is C16H23F3N4O2. The van der Waals surface area contributed by atoms with Crippen LogP contribution in [-0.2, 0) is 4.74 Å². The molecule has 140 valence electrons. The number of morpholine rings is 1. The van der Waals surface area contributed by atoms with Gasteiger partial charge in [0.05, 0.1) is 25.4 Å². The number of halogens is 3. The van der Waals surface area contributed by atoms with Gasteiger partial charge in [-0.15, -0.1) is 13.2 Å². The number of hydrogen-bond donors (Lipinski definition) is 2. The van der Waals surface area contributed by atoms with Crippen molar-refractivity contribution in [1.29, 1.82) is 0 Å². The minimum absolute atomic E-state index is 0.0274. The van der Waals surface area contributed by atoms with E-state index >= 15 is 0 Å². The van der Waals surface area contributed by atoms with Crippen LogP contribution in [-0.4, -0.2) is 55.6 Å². The highest BCUT2D eigenvalue weighted by molar-refractivity contribution is 5.93. The van der Waals surface area contributed by atoms with E-state index in [2.05, 4.69) is 19.9 Å². The standard InChI is InChI=1S/C16H23F3N4O2/c1-15(2,23-7-9-24-10-8-23)11-21-14(20)22-12-5-3-4-6-13(12)25-16(17,18)19/h3-6H,7-11H2,1-2H3,(H3,20,21,22). The van der Waals surface area contributed by atoms with Gasteiger partial charge in [0.1, 0.15) is 0 Å². The summed E-state index contributed by atoms with van der Waals surface area (Å²) in [6, 6.07) is 5.68. The lowest BCUT2D eigenvalue weighted by Gasteiger charge is -2.39. The van der Waals surface area contributed by atoms with Crippen LogP contribution in [0.2, 0.25) is 0 Å². The molecule has 1 saturated heterocycles. The predicted octanol–water partition coefficient (Wildman–Crippen LogP) is 2.42. The summed E-state index contributed by atoms with van der Waals surface area (Å²) < 4.78 is 46.6. The van der Waals surface area contributed by atoms with Crippen LogP contribution >= 0.6 is 0 Å². The van der Waals surface area contributed by atoms with Crippen molar-refractivity contribution in [3.63, 3.8) is 0 Å². The third-order valence-electron chi connectivity index (χ3n) is 3.88. The summed E-state index contributed by atoms with van der Waals surface area (Å²) in [6.45, 7) is 7.42. The molecule has 0 amide bonds. The molecule has 9 heteroatoms. The highest BCUT2D eigenvalue weighted by Crippen LogP contribution is 2.29. The van der Waals surface area contributed by atoms with Gasteiger partial charge >= 0.3 is 6.36 Å². The Labute approximate surface area is 144 Å². The third-order valence-corrected chi connectivity index (χ3v) is 3.88. The van der Waals surface area contributed by atoms with Crippen molar-refractivity contribution in [2.75, 3.05) is 38.2 Å². The molecular weight excluding hydrogens is 337 g/mol. The normalized spacial score (nSPS) is 17.4. The van der Waals surface area contributed by atoms with E-state index < -0.39 is 6.36 Å². The van der Waals surface area contributed by atoms with Crippen molar-refractivity contribution in [3.8, 4) is 5.75 Å². The topological polar surface area (TPSA) is 72.1 Å². The molecule has 1 aliphatic rings. The van der Waals surface area contributed by atoms with Gasteiger partial charge in [0.25, 0.3) is 0 Å². The summed E-state index contributed by atoms with van der Waals surface area (Å²) in [6.07, 6.45) is -4.78. The SMILES string of the molecule is CC(C)(CN=C(N)Nc1ccccc1OC(F)(F)F)N1CCOCC1. The van der Waals surface area contributed by atoms with Crippen molar-refractivity contribution in [1.82, 2.24) is 4.90 Å². The number of anilines is 1. The summed E-state index contributed by atoms with van der Waals surface area (Å²) in [5.74, 6) is -0.333. The molecule has 3 N–H and O–H groups in total. The monoisotopic (exact) mass is 360 g/mol. The highest BCUT2D eigenvalue weighted by atomic mass is 19.4. The number of para-hydroxylation sites is 2. The Hall–Kier alpha value is -2.00. The summed E-state index contributed by atoms with van der Waals surface area (Å²) in [5, 5.41) is 2.67. The largest absolute Gasteiger partial charge is 0.573 e. The van der Waals surface area contributed by atoms with Gasteiger partial charge in [-0.3, -0.25) is 9.89 Å². The van der Waals surface area contributed by atoms with Gasteiger partial charge in [-0.1, -0.05) is 12.1 Å². The first-order chi connectivity index (χ1) is 11.7. The van der Waals surface area contributed by atoms with E-state index in [1.165, 1.54) is 18.2 Å². The lowest BCUT2D eigenvalue weighted by molar-refractivity contribution is -0.274. The number of nitrogens with zero attached hydrogens (tertiary/aromatic N) is 2. The van der Waals surface area contributed by atoms with E-state index in [1.807, 2.05) is 13.8 Å². The minimum atomic E-state index is -4.78. The summed E-state index contributed by atoms with van der Waals surface area (Å²) >= 11 is 0. The van der Waals surface area contributed by atoms with Gasteiger partial charge < -0.3 is 20.5 Å². The average Bonchev–Trinajstić information content (AvgIpc) is 2.54. The first-order valence-corrected chi connectivity index (χ1v) is 7.92. The van der Waals surface area contributed by atoms with Crippen molar-refractivity contribution in [2.45, 2.75) is 25.7 Å². The molecule has 25 heavy (non-hydrogen) atoms. The van der Waals surface area contributed by atoms with Gasteiger partial charge in [-0.25, -0.2) is 0 Å². The van der Waals surface area contributed by atoms with Crippen LogP contribution in [0, 0.1) is 0 Å². The first-order valence-electron chi connectivity index (χ1n) is 7.92. The van der Waals surface area contributed by atoms with E-state index in [0.29, 0.717) is 19.8 Å². The summed E-state index contributed by atoms with van der Waals surface area (Å²) in [7, 11) is 0. The molecule has 6 nitrogen and oxygen atoms in total. The number of hydrogen-bond acceptors (Lipinski definition) is 4. The number of aliphatic imine (C=N–C) groups is 1. The molecule has 0 aromatic heterocycles. The summed E-state index contributed by atoms with van der Waals surface area (Å²) in [5.41, 5.74) is 5.70. The van der Waals surface area contributed by atoms with Gasteiger partial charge in [0, 0.05) is 18.6 Å². The second-order valence-corrected chi connectivity index (χ2v) is 6.28. The summed E-state index contributed by atoms with van der Waals surface area (Å²) in [4.78, 5) is 6.51. The number of rotatable bonds is 5. The van der Waals surface area contributed by atoms with Crippen LogP contribution in [0.3, 0.4) is 0 Å². The maximum Gasteiger partial charge on any atom is 0.573 e. The molecule has 1 aromatic carbocycles. The van der Waals surface area contributed by atoms with E-state index in [9.17, 15) is 13.2 Å². The third kappa shape index (κ3) is 6.09. The van der Waals surface area contributed by atoms with Gasteiger partial charge in [-0.05, 0) is 26.0 Å². The smallest absolute Gasteiger partial charge is 0.404 e. The second-order valence-electron chi connectivity index (χ2n) is 6.28. The van der Waals surface area contributed by atoms with Crippen LogP contribution in [0.5, 0.6) is 5.75 Å². The fourth-order valence-electron chi connectivity index (χ4n) is 2.51. The number of alkyl halides is 3. The zero-order chi connectivity index (χ0) is 18.5. The quantitative estimate of drug-likeness (QED) is 0.623.